The molecule has 0 radical (unpaired) electrons. The lowest BCUT2D eigenvalue weighted by atomic mass is 10.1. The van der Waals surface area contributed by atoms with Gasteiger partial charge in [-0.1, -0.05) is 13.8 Å². The van der Waals surface area contributed by atoms with Crippen molar-refractivity contribution in [2.45, 2.75) is 20.3 Å². The van der Waals surface area contributed by atoms with E-state index >= 15 is 0 Å². The van der Waals surface area contributed by atoms with E-state index in [4.69, 9.17) is 0 Å². The van der Waals surface area contributed by atoms with Gasteiger partial charge < -0.3 is 0 Å². The number of hydrogen-bond acceptors (Lipinski definition) is 4. The molecule has 0 atom stereocenters. The third kappa shape index (κ3) is 4.06. The van der Waals surface area contributed by atoms with Gasteiger partial charge in [0.2, 0.25) is 10.0 Å². The minimum atomic E-state index is -3.19. The van der Waals surface area contributed by atoms with Crippen LogP contribution in [0.5, 0.6) is 0 Å². The maximum absolute atomic E-state index is 10.9. The van der Waals surface area contributed by atoms with Gasteiger partial charge in [0, 0.05) is 11.1 Å². The van der Waals surface area contributed by atoms with Gasteiger partial charge in [0.25, 0.3) is 0 Å². The van der Waals surface area contributed by atoms with Gasteiger partial charge in [-0.2, -0.15) is 0 Å². The summed E-state index contributed by atoms with van der Waals surface area (Å²) in [5.74, 6) is 0.557. The number of nitrogens with zero attached hydrogens (tertiary/aromatic N) is 1. The van der Waals surface area contributed by atoms with E-state index in [9.17, 15) is 8.42 Å². The number of rotatable bonds is 4. The number of thiazole rings is 1. The van der Waals surface area contributed by atoms with Crippen LogP contribution in [0, 0.1) is 5.92 Å². The Balaban J connectivity index is 2.69. The van der Waals surface area contributed by atoms with Gasteiger partial charge in [-0.05, 0) is 12.3 Å². The molecule has 0 spiro atoms. The predicted octanol–water partition coefficient (Wildman–Crippen LogP) is 1.71. The molecule has 0 aliphatic carbocycles. The van der Waals surface area contributed by atoms with Gasteiger partial charge in [-0.25, -0.2) is 13.4 Å². The molecule has 0 aliphatic rings. The van der Waals surface area contributed by atoms with Crippen molar-refractivity contribution >= 4 is 26.5 Å². The summed E-state index contributed by atoms with van der Waals surface area (Å²) in [5.41, 5.74) is 0. The van der Waals surface area contributed by atoms with E-state index in [1.807, 2.05) is 0 Å². The van der Waals surface area contributed by atoms with Crippen LogP contribution in [0.1, 0.15) is 18.7 Å². The van der Waals surface area contributed by atoms with Crippen molar-refractivity contribution in [2.75, 3.05) is 11.0 Å². The zero-order valence-corrected chi connectivity index (χ0v) is 10.1. The van der Waals surface area contributed by atoms with Crippen molar-refractivity contribution < 1.29 is 8.42 Å². The average molecular weight is 234 g/mol. The highest BCUT2D eigenvalue weighted by Gasteiger charge is 2.07. The molecule has 0 fully saturated rings. The normalized spacial score (nSPS) is 12.0. The van der Waals surface area contributed by atoms with Crippen LogP contribution in [-0.2, 0) is 16.4 Å². The number of hydrogen-bond donors (Lipinski definition) is 1. The molecule has 0 aromatic carbocycles. The molecule has 14 heavy (non-hydrogen) atoms. The van der Waals surface area contributed by atoms with Gasteiger partial charge in [-0.3, -0.25) is 4.72 Å². The number of aromatic nitrogens is 1. The van der Waals surface area contributed by atoms with Crippen LogP contribution in [0.4, 0.5) is 5.13 Å². The van der Waals surface area contributed by atoms with Crippen LogP contribution >= 0.6 is 11.3 Å². The Hall–Kier alpha value is -0.620. The maximum Gasteiger partial charge on any atom is 0.231 e. The van der Waals surface area contributed by atoms with Crippen molar-refractivity contribution in [3.05, 3.63) is 11.1 Å². The lowest BCUT2D eigenvalue weighted by molar-refractivity contribution is 0.607. The molecule has 1 N–H and O–H groups in total. The molecule has 0 amide bonds. The SMILES string of the molecule is CC(C)Cc1cnc(NS(C)(=O)=O)s1. The van der Waals surface area contributed by atoms with Gasteiger partial charge in [0.1, 0.15) is 0 Å². The summed E-state index contributed by atoms with van der Waals surface area (Å²) in [6.45, 7) is 4.23. The van der Waals surface area contributed by atoms with Crippen LogP contribution in [0.15, 0.2) is 6.20 Å². The van der Waals surface area contributed by atoms with E-state index in [1.54, 1.807) is 6.20 Å². The molecule has 1 aromatic rings. The van der Waals surface area contributed by atoms with Crippen LogP contribution in [-0.4, -0.2) is 19.7 Å². The van der Waals surface area contributed by atoms with E-state index in [-0.39, 0.29) is 0 Å². The summed E-state index contributed by atoms with van der Waals surface area (Å²) >= 11 is 1.39. The van der Waals surface area contributed by atoms with Gasteiger partial charge in [0.05, 0.1) is 6.26 Å². The van der Waals surface area contributed by atoms with Crippen LogP contribution in [0.25, 0.3) is 0 Å². The van der Waals surface area contributed by atoms with E-state index in [0.717, 1.165) is 17.6 Å². The molecule has 0 saturated carbocycles. The van der Waals surface area contributed by atoms with Gasteiger partial charge >= 0.3 is 0 Å². The quantitative estimate of drug-likeness (QED) is 0.863. The molecule has 1 rings (SSSR count). The zero-order chi connectivity index (χ0) is 10.8. The Morgan fingerprint density at radius 3 is 2.71 bits per heavy atom. The molecule has 1 aromatic heterocycles. The predicted molar refractivity (Wildman–Crippen MR) is 59.1 cm³/mol. The van der Waals surface area contributed by atoms with Crippen LogP contribution < -0.4 is 4.72 Å². The molecular formula is C8H14N2O2S2. The third-order valence-corrected chi connectivity index (χ3v) is 3.06. The standard InChI is InChI=1S/C8H14N2O2S2/c1-6(2)4-7-5-9-8(13-7)10-14(3,11)12/h5-6H,4H2,1-3H3,(H,9,10). The van der Waals surface area contributed by atoms with Crippen LogP contribution in [0.2, 0.25) is 0 Å². The minimum Gasteiger partial charge on any atom is -0.259 e. The minimum absolute atomic E-state index is 0.447. The molecule has 0 bridgehead atoms. The fraction of sp³-hybridized carbons (Fsp3) is 0.625. The van der Waals surface area contributed by atoms with Gasteiger partial charge in [0.15, 0.2) is 5.13 Å². The monoisotopic (exact) mass is 234 g/mol. The zero-order valence-electron chi connectivity index (χ0n) is 8.44. The van der Waals surface area contributed by atoms with E-state index < -0.39 is 10.0 Å². The number of nitrogens with one attached hydrogen (secondary N) is 1. The Labute approximate surface area is 88.4 Å². The lowest BCUT2D eigenvalue weighted by Crippen LogP contribution is -2.08. The molecule has 0 aliphatic heterocycles. The fourth-order valence-electron chi connectivity index (χ4n) is 1.01. The van der Waals surface area contributed by atoms with Crippen molar-refractivity contribution in [3.63, 3.8) is 0 Å². The highest BCUT2D eigenvalue weighted by Crippen LogP contribution is 2.21. The topological polar surface area (TPSA) is 59.1 Å². The molecule has 4 nitrogen and oxygen atoms in total. The third-order valence-electron chi connectivity index (χ3n) is 1.44. The first-order chi connectivity index (χ1) is 6.37. The van der Waals surface area contributed by atoms with Crippen molar-refractivity contribution in [1.82, 2.24) is 4.98 Å². The summed E-state index contributed by atoms with van der Waals surface area (Å²) in [6.07, 6.45) is 3.78. The van der Waals surface area contributed by atoms with Crippen molar-refractivity contribution in [1.29, 1.82) is 0 Å². The van der Waals surface area contributed by atoms with E-state index in [0.29, 0.717) is 11.0 Å². The number of anilines is 1. The summed E-state index contributed by atoms with van der Waals surface area (Å²) in [4.78, 5) is 5.09. The molecule has 0 unspecified atom stereocenters. The molecule has 0 saturated heterocycles. The second kappa shape index (κ2) is 4.27. The Kier molecular flexibility index (Phi) is 3.49. The molecule has 1 heterocycles. The van der Waals surface area contributed by atoms with Gasteiger partial charge in [-0.15, -0.1) is 11.3 Å². The van der Waals surface area contributed by atoms with E-state index in [1.165, 1.54) is 11.3 Å². The Bertz CT molecular complexity index is 395. The Morgan fingerprint density at radius 1 is 1.57 bits per heavy atom. The van der Waals surface area contributed by atoms with Crippen LogP contribution in [0.3, 0.4) is 0 Å². The lowest BCUT2D eigenvalue weighted by Gasteiger charge is -1.99. The largest absolute Gasteiger partial charge is 0.259 e. The number of sulfonamides is 1. The fourth-order valence-corrected chi connectivity index (χ4v) is 2.88. The maximum atomic E-state index is 10.9. The first kappa shape index (κ1) is 11.5. The smallest absolute Gasteiger partial charge is 0.231 e. The van der Waals surface area contributed by atoms with Crippen molar-refractivity contribution in [3.8, 4) is 0 Å². The summed E-state index contributed by atoms with van der Waals surface area (Å²) < 4.78 is 24.1. The summed E-state index contributed by atoms with van der Waals surface area (Å²) in [5, 5.41) is 0.447. The second-order valence-corrected chi connectivity index (χ2v) is 6.47. The summed E-state index contributed by atoms with van der Waals surface area (Å²) in [6, 6.07) is 0. The highest BCUT2D eigenvalue weighted by molar-refractivity contribution is 7.92. The van der Waals surface area contributed by atoms with E-state index in [2.05, 4.69) is 23.6 Å². The Morgan fingerprint density at radius 2 is 2.21 bits per heavy atom. The second-order valence-electron chi connectivity index (χ2n) is 3.60. The first-order valence-electron chi connectivity index (χ1n) is 4.29. The first-order valence-corrected chi connectivity index (χ1v) is 7.00. The van der Waals surface area contributed by atoms with Crippen molar-refractivity contribution in [2.24, 2.45) is 5.92 Å². The molecule has 6 heteroatoms. The average Bonchev–Trinajstić information content (AvgIpc) is 2.30. The highest BCUT2D eigenvalue weighted by atomic mass is 32.2. The molecule has 80 valence electrons. The molecular weight excluding hydrogens is 220 g/mol. The summed E-state index contributed by atoms with van der Waals surface area (Å²) in [7, 11) is -3.19.